The highest BCUT2D eigenvalue weighted by Crippen LogP contribution is 2.23. The second kappa shape index (κ2) is 6.78. The van der Waals surface area contributed by atoms with Crippen molar-refractivity contribution in [1.82, 2.24) is 5.32 Å². The molecule has 2 rings (SSSR count). The normalized spacial score (nSPS) is 18.5. The average Bonchev–Trinajstić information content (AvgIpc) is 2.52. The standard InChI is InChI=1S/C15H23N3O3/c1-15(5-7-21-8-6-15)17-10-11-3-4-12(14(16)18-19)13(9-11)20-2/h3-4,9,17,19H,5-8,10H2,1-2H3,(H2,16,18). The number of benzene rings is 1. The van der Waals surface area contributed by atoms with E-state index in [1.54, 1.807) is 13.2 Å². The van der Waals surface area contributed by atoms with Crippen molar-refractivity contribution >= 4 is 5.84 Å². The lowest BCUT2D eigenvalue weighted by Gasteiger charge is -2.34. The van der Waals surface area contributed by atoms with Crippen LogP contribution in [0.1, 0.15) is 30.9 Å². The largest absolute Gasteiger partial charge is 0.496 e. The van der Waals surface area contributed by atoms with Crippen LogP contribution in [-0.4, -0.2) is 36.9 Å². The molecule has 0 saturated carbocycles. The molecule has 0 spiro atoms. The van der Waals surface area contributed by atoms with Gasteiger partial charge in [-0.25, -0.2) is 0 Å². The zero-order chi connectivity index (χ0) is 15.3. The van der Waals surface area contributed by atoms with E-state index in [1.807, 2.05) is 12.1 Å². The lowest BCUT2D eigenvalue weighted by atomic mass is 9.92. The van der Waals surface area contributed by atoms with Crippen molar-refractivity contribution in [1.29, 1.82) is 0 Å². The van der Waals surface area contributed by atoms with Crippen molar-refractivity contribution in [3.63, 3.8) is 0 Å². The van der Waals surface area contributed by atoms with Crippen LogP contribution in [0.2, 0.25) is 0 Å². The first kappa shape index (κ1) is 15.6. The zero-order valence-electron chi connectivity index (χ0n) is 12.6. The minimum atomic E-state index is 0.0442. The van der Waals surface area contributed by atoms with Gasteiger partial charge in [-0.3, -0.25) is 0 Å². The fraction of sp³-hybridized carbons (Fsp3) is 0.533. The van der Waals surface area contributed by atoms with E-state index < -0.39 is 0 Å². The van der Waals surface area contributed by atoms with Crippen LogP contribution in [0.3, 0.4) is 0 Å². The Hall–Kier alpha value is -1.79. The van der Waals surface area contributed by atoms with Gasteiger partial charge in [-0.2, -0.15) is 0 Å². The molecule has 116 valence electrons. The maximum atomic E-state index is 8.77. The molecule has 0 bridgehead atoms. The van der Waals surface area contributed by atoms with E-state index >= 15 is 0 Å². The van der Waals surface area contributed by atoms with Gasteiger partial charge in [0.15, 0.2) is 5.84 Å². The van der Waals surface area contributed by atoms with Gasteiger partial charge in [0.05, 0.1) is 12.7 Å². The van der Waals surface area contributed by atoms with Gasteiger partial charge in [-0.1, -0.05) is 11.2 Å². The second-order valence-electron chi connectivity index (χ2n) is 5.55. The van der Waals surface area contributed by atoms with Crippen LogP contribution < -0.4 is 15.8 Å². The molecule has 0 aromatic heterocycles. The van der Waals surface area contributed by atoms with Crippen molar-refractivity contribution in [2.24, 2.45) is 10.9 Å². The Morgan fingerprint density at radius 1 is 1.48 bits per heavy atom. The topological polar surface area (TPSA) is 89.1 Å². The minimum Gasteiger partial charge on any atom is -0.496 e. The number of amidine groups is 1. The molecule has 0 radical (unpaired) electrons. The van der Waals surface area contributed by atoms with E-state index in [4.69, 9.17) is 20.4 Å². The summed E-state index contributed by atoms with van der Waals surface area (Å²) in [6.07, 6.45) is 2.01. The van der Waals surface area contributed by atoms with E-state index in [9.17, 15) is 0 Å². The van der Waals surface area contributed by atoms with Crippen LogP contribution in [0.4, 0.5) is 0 Å². The molecule has 1 heterocycles. The monoisotopic (exact) mass is 293 g/mol. The number of hydrogen-bond acceptors (Lipinski definition) is 5. The number of oxime groups is 1. The lowest BCUT2D eigenvalue weighted by molar-refractivity contribution is 0.0446. The fourth-order valence-corrected chi connectivity index (χ4v) is 2.43. The molecular weight excluding hydrogens is 270 g/mol. The van der Waals surface area contributed by atoms with Crippen molar-refractivity contribution in [3.05, 3.63) is 29.3 Å². The molecule has 6 heteroatoms. The van der Waals surface area contributed by atoms with Gasteiger partial charge in [0.2, 0.25) is 0 Å². The Balaban J connectivity index is 2.07. The summed E-state index contributed by atoms with van der Waals surface area (Å²) in [7, 11) is 1.57. The molecule has 21 heavy (non-hydrogen) atoms. The molecule has 1 aliphatic heterocycles. The highest BCUT2D eigenvalue weighted by Gasteiger charge is 2.26. The van der Waals surface area contributed by atoms with Gasteiger partial charge in [-0.15, -0.1) is 0 Å². The summed E-state index contributed by atoms with van der Waals surface area (Å²) >= 11 is 0. The number of ether oxygens (including phenoxy) is 2. The highest BCUT2D eigenvalue weighted by atomic mass is 16.5. The number of nitrogens with zero attached hydrogens (tertiary/aromatic N) is 1. The molecule has 1 fully saturated rings. The maximum Gasteiger partial charge on any atom is 0.173 e. The number of rotatable bonds is 5. The molecule has 0 unspecified atom stereocenters. The smallest absolute Gasteiger partial charge is 0.173 e. The molecule has 6 nitrogen and oxygen atoms in total. The highest BCUT2D eigenvalue weighted by molar-refractivity contribution is 5.99. The summed E-state index contributed by atoms with van der Waals surface area (Å²) in [5, 5.41) is 15.4. The molecule has 1 aromatic carbocycles. The second-order valence-corrected chi connectivity index (χ2v) is 5.55. The Labute approximate surface area is 124 Å². The third-order valence-corrected chi connectivity index (χ3v) is 3.97. The van der Waals surface area contributed by atoms with Gasteiger partial charge < -0.3 is 25.7 Å². The quantitative estimate of drug-likeness (QED) is 0.331. The summed E-state index contributed by atoms with van der Waals surface area (Å²) in [5.41, 5.74) is 7.41. The zero-order valence-corrected chi connectivity index (χ0v) is 12.6. The Morgan fingerprint density at radius 3 is 2.81 bits per heavy atom. The molecule has 1 aromatic rings. The van der Waals surface area contributed by atoms with Gasteiger partial charge in [0.1, 0.15) is 5.75 Å². The molecule has 4 N–H and O–H groups in total. The van der Waals surface area contributed by atoms with Crippen molar-refractivity contribution < 1.29 is 14.7 Å². The van der Waals surface area contributed by atoms with Crippen LogP contribution in [0.5, 0.6) is 5.75 Å². The Morgan fingerprint density at radius 2 is 2.19 bits per heavy atom. The summed E-state index contributed by atoms with van der Waals surface area (Å²) in [6.45, 7) is 4.56. The Bertz CT molecular complexity index is 511. The van der Waals surface area contributed by atoms with Crippen LogP contribution in [0.25, 0.3) is 0 Å². The van der Waals surface area contributed by atoms with Crippen LogP contribution in [-0.2, 0) is 11.3 Å². The predicted molar refractivity (Wildman–Crippen MR) is 80.8 cm³/mol. The number of hydrogen-bond donors (Lipinski definition) is 3. The van der Waals surface area contributed by atoms with Gasteiger partial charge in [-0.05, 0) is 37.5 Å². The van der Waals surface area contributed by atoms with E-state index in [1.165, 1.54) is 0 Å². The first-order valence-corrected chi connectivity index (χ1v) is 7.05. The van der Waals surface area contributed by atoms with Gasteiger partial charge >= 0.3 is 0 Å². The van der Waals surface area contributed by atoms with E-state index in [0.717, 1.165) is 38.2 Å². The molecular formula is C15H23N3O3. The van der Waals surface area contributed by atoms with Crippen LogP contribution >= 0.6 is 0 Å². The Kier molecular flexibility index (Phi) is 5.03. The summed E-state index contributed by atoms with van der Waals surface area (Å²) < 4.78 is 10.7. The minimum absolute atomic E-state index is 0.0442. The SMILES string of the molecule is COc1cc(CNC2(C)CCOCC2)ccc1/C(N)=N/O. The van der Waals surface area contributed by atoms with E-state index in [2.05, 4.69) is 17.4 Å². The van der Waals surface area contributed by atoms with Crippen molar-refractivity contribution in [3.8, 4) is 5.75 Å². The molecule has 1 saturated heterocycles. The summed E-state index contributed by atoms with van der Waals surface area (Å²) in [5.74, 6) is 0.643. The first-order chi connectivity index (χ1) is 10.1. The first-order valence-electron chi connectivity index (χ1n) is 7.05. The third kappa shape index (κ3) is 3.86. The predicted octanol–water partition coefficient (Wildman–Crippen LogP) is 1.45. The maximum absolute atomic E-state index is 8.77. The molecule has 1 aliphatic rings. The average molecular weight is 293 g/mol. The molecule has 0 atom stereocenters. The van der Waals surface area contributed by atoms with Crippen LogP contribution in [0.15, 0.2) is 23.4 Å². The number of methoxy groups -OCH3 is 1. The van der Waals surface area contributed by atoms with Crippen molar-refractivity contribution in [2.45, 2.75) is 31.8 Å². The van der Waals surface area contributed by atoms with Crippen molar-refractivity contribution in [2.75, 3.05) is 20.3 Å². The van der Waals surface area contributed by atoms with E-state index in [0.29, 0.717) is 11.3 Å². The molecule has 0 amide bonds. The van der Waals surface area contributed by atoms with Crippen LogP contribution in [0, 0.1) is 0 Å². The summed E-state index contributed by atoms with van der Waals surface area (Å²) in [6, 6.07) is 5.66. The van der Waals surface area contributed by atoms with E-state index in [-0.39, 0.29) is 11.4 Å². The molecule has 0 aliphatic carbocycles. The fourth-order valence-electron chi connectivity index (χ4n) is 2.43. The number of nitrogens with one attached hydrogen (secondary N) is 1. The number of nitrogens with two attached hydrogens (primary N) is 1. The van der Waals surface area contributed by atoms with Gasteiger partial charge in [0.25, 0.3) is 0 Å². The summed E-state index contributed by atoms with van der Waals surface area (Å²) in [4.78, 5) is 0. The van der Waals surface area contributed by atoms with Gasteiger partial charge in [0, 0.05) is 25.3 Å². The lowest BCUT2D eigenvalue weighted by Crippen LogP contribution is -2.46. The third-order valence-electron chi connectivity index (χ3n) is 3.97.